The van der Waals surface area contributed by atoms with E-state index in [1.54, 1.807) is 0 Å². The predicted octanol–water partition coefficient (Wildman–Crippen LogP) is 18.2. The normalized spacial score (nSPS) is 11.5. The molecule has 2 heterocycles. The van der Waals surface area contributed by atoms with E-state index in [2.05, 4.69) is 219 Å². The fourth-order valence-electron chi connectivity index (χ4n) is 10.4. The van der Waals surface area contributed by atoms with E-state index in [-0.39, 0.29) is 12.2 Å². The first-order valence-corrected chi connectivity index (χ1v) is 26.0. The Bertz CT molecular complexity index is 3760. The molecule has 11 rings (SSSR count). The summed E-state index contributed by atoms with van der Waals surface area (Å²) < 4.78 is 17.2. The molecular formula is C68H64N4O2. The van der Waals surface area contributed by atoms with Crippen LogP contribution in [0.25, 0.3) is 93.6 Å². The van der Waals surface area contributed by atoms with Crippen LogP contribution >= 0.6 is 0 Å². The van der Waals surface area contributed by atoms with Crippen LogP contribution < -0.4 is 9.47 Å². The van der Waals surface area contributed by atoms with E-state index in [1.807, 2.05) is 24.3 Å². The highest BCUT2D eigenvalue weighted by Crippen LogP contribution is 2.40. The summed E-state index contributed by atoms with van der Waals surface area (Å²) in [5, 5.41) is 9.72. The molecule has 11 aromatic rings. The van der Waals surface area contributed by atoms with Crippen molar-refractivity contribution >= 4 is 65.2 Å². The van der Waals surface area contributed by atoms with E-state index < -0.39 is 0 Å². The van der Waals surface area contributed by atoms with Gasteiger partial charge in [-0.05, 0) is 128 Å². The van der Waals surface area contributed by atoms with Gasteiger partial charge in [-0.2, -0.15) is 0 Å². The summed E-state index contributed by atoms with van der Waals surface area (Å²) in [7, 11) is 2.11. The number of rotatable bonds is 19. The molecule has 0 spiro atoms. The predicted molar refractivity (Wildman–Crippen MR) is 314 cm³/mol. The van der Waals surface area contributed by atoms with Gasteiger partial charge in [0.15, 0.2) is 0 Å². The van der Waals surface area contributed by atoms with Crippen molar-refractivity contribution in [3.05, 3.63) is 226 Å². The van der Waals surface area contributed by atoms with Crippen molar-refractivity contribution in [3.63, 3.8) is 0 Å². The molecule has 74 heavy (non-hydrogen) atoms. The maximum atomic E-state index is 6.41. The zero-order valence-corrected chi connectivity index (χ0v) is 42.7. The summed E-state index contributed by atoms with van der Waals surface area (Å²) in [5.41, 5.74) is 8.79. The monoisotopic (exact) mass is 969 g/mol. The number of aryl methyl sites for hydroxylation is 2. The number of fused-ring (bicyclic) bond motifs is 12. The number of hydrogen-bond donors (Lipinski definition) is 0. The molecule has 0 N–H and O–H groups in total. The van der Waals surface area contributed by atoms with E-state index in [4.69, 9.17) is 19.4 Å². The highest BCUT2D eigenvalue weighted by Gasteiger charge is 2.21. The fourth-order valence-corrected chi connectivity index (χ4v) is 10.4. The van der Waals surface area contributed by atoms with Crippen LogP contribution in [-0.2, 0) is 7.05 Å². The Balaban J connectivity index is 0.000000172. The third-order valence-electron chi connectivity index (χ3n) is 14.2. The third kappa shape index (κ3) is 10.0. The van der Waals surface area contributed by atoms with E-state index in [0.29, 0.717) is 0 Å². The number of allylic oxidation sites excluding steroid dienone is 4. The zero-order valence-electron chi connectivity index (χ0n) is 42.7. The Hall–Kier alpha value is -8.48. The van der Waals surface area contributed by atoms with Gasteiger partial charge in [-0.25, -0.2) is 9.97 Å². The summed E-state index contributed by atoms with van der Waals surface area (Å²) in [5.74, 6) is 3.65. The number of hydrogen-bond acceptors (Lipinski definition) is 4. The lowest BCUT2D eigenvalue weighted by Crippen LogP contribution is -2.16. The van der Waals surface area contributed by atoms with Gasteiger partial charge in [0.2, 0.25) is 0 Å². The van der Waals surface area contributed by atoms with Crippen molar-refractivity contribution < 1.29 is 9.47 Å². The van der Waals surface area contributed by atoms with Crippen LogP contribution in [0.1, 0.15) is 56.9 Å². The number of aromatic nitrogens is 4. The topological polar surface area (TPSA) is 54.1 Å². The minimum absolute atomic E-state index is 0.134. The van der Waals surface area contributed by atoms with Crippen molar-refractivity contribution in [2.24, 2.45) is 7.05 Å². The molecule has 0 aliphatic rings. The fraction of sp³-hybridized carbons (Fsp3) is 0.176. The summed E-state index contributed by atoms with van der Waals surface area (Å²) in [6.45, 7) is 17.6. The molecule has 368 valence electrons. The summed E-state index contributed by atoms with van der Waals surface area (Å²) >= 11 is 0. The molecule has 6 nitrogen and oxygen atoms in total. The van der Waals surface area contributed by atoms with E-state index in [1.165, 1.54) is 48.8 Å². The molecule has 2 aromatic heterocycles. The van der Waals surface area contributed by atoms with Gasteiger partial charge in [-0.3, -0.25) is 4.57 Å². The molecule has 0 amide bonds. The molecule has 0 radical (unpaired) electrons. The lowest BCUT2D eigenvalue weighted by molar-refractivity contribution is 0.183. The molecule has 0 saturated heterocycles. The summed E-state index contributed by atoms with van der Waals surface area (Å²) in [4.78, 5) is 10.5. The van der Waals surface area contributed by atoms with Crippen LogP contribution in [0.2, 0.25) is 0 Å². The lowest BCUT2D eigenvalue weighted by Gasteiger charge is -2.19. The van der Waals surface area contributed by atoms with Gasteiger partial charge in [0.25, 0.3) is 0 Å². The van der Waals surface area contributed by atoms with E-state index >= 15 is 0 Å². The van der Waals surface area contributed by atoms with Crippen LogP contribution in [0.3, 0.4) is 0 Å². The summed E-state index contributed by atoms with van der Waals surface area (Å²) in [6.07, 6.45) is 15.7. The molecule has 0 fully saturated rings. The van der Waals surface area contributed by atoms with Gasteiger partial charge < -0.3 is 14.0 Å². The zero-order chi connectivity index (χ0) is 51.0. The highest BCUT2D eigenvalue weighted by molar-refractivity contribution is 6.25. The minimum Gasteiger partial charge on any atom is -0.490 e. The van der Waals surface area contributed by atoms with E-state index in [9.17, 15) is 0 Å². The van der Waals surface area contributed by atoms with Crippen molar-refractivity contribution in [1.82, 2.24) is 19.1 Å². The lowest BCUT2D eigenvalue weighted by atomic mass is 10.00. The largest absolute Gasteiger partial charge is 0.490 e. The summed E-state index contributed by atoms with van der Waals surface area (Å²) in [6, 6.07) is 59.8. The molecular weight excluding hydrogens is 905 g/mol. The molecule has 6 heteroatoms. The van der Waals surface area contributed by atoms with Crippen LogP contribution in [0.15, 0.2) is 220 Å². The molecule has 9 aromatic carbocycles. The molecule has 0 saturated carbocycles. The first kappa shape index (κ1) is 49.1. The van der Waals surface area contributed by atoms with Crippen molar-refractivity contribution in [2.45, 2.75) is 70.5 Å². The number of benzene rings is 9. The van der Waals surface area contributed by atoms with Crippen molar-refractivity contribution in [3.8, 4) is 40.0 Å². The van der Waals surface area contributed by atoms with Crippen LogP contribution in [0, 0.1) is 6.92 Å². The first-order valence-electron chi connectivity index (χ1n) is 26.0. The Morgan fingerprint density at radius 1 is 0.419 bits per heavy atom. The smallest absolute Gasteiger partial charge is 0.145 e. The molecule has 0 unspecified atom stereocenters. The quantitative estimate of drug-likeness (QED) is 0.0598. The van der Waals surface area contributed by atoms with Gasteiger partial charge in [-0.15, -0.1) is 26.3 Å². The van der Waals surface area contributed by atoms with Gasteiger partial charge in [0, 0.05) is 45.4 Å². The Labute approximate surface area is 435 Å². The number of nitrogens with zero attached hydrogens (tertiary/aromatic N) is 4. The molecule has 0 bridgehead atoms. The van der Waals surface area contributed by atoms with Gasteiger partial charge >= 0.3 is 0 Å². The maximum absolute atomic E-state index is 6.41. The van der Waals surface area contributed by atoms with Crippen molar-refractivity contribution in [1.29, 1.82) is 0 Å². The third-order valence-corrected chi connectivity index (χ3v) is 14.2. The Kier molecular flexibility index (Phi) is 14.9. The molecule has 0 atom stereocenters. The SMILES string of the molecule is C=CCCC(CCC=C)Oc1ccc(-c2nc3c4ccccc4c4ccccc4c3n2C)cc1.C=CCCC(CCC=C)Oc1ccc(-n2c(-c3ccc(C)cc3)nc3c4ccccc4c4ccccc4c32)cc1. The second-order valence-electron chi connectivity index (χ2n) is 19.2. The van der Waals surface area contributed by atoms with E-state index in [0.717, 1.165) is 113 Å². The van der Waals surface area contributed by atoms with Gasteiger partial charge in [0.05, 0.1) is 34.3 Å². The van der Waals surface area contributed by atoms with Crippen molar-refractivity contribution in [2.75, 3.05) is 0 Å². The average Bonchev–Trinajstić information content (AvgIpc) is 4.03. The average molecular weight is 969 g/mol. The Morgan fingerprint density at radius 3 is 1.23 bits per heavy atom. The second-order valence-corrected chi connectivity index (χ2v) is 19.2. The first-order chi connectivity index (χ1) is 36.4. The maximum Gasteiger partial charge on any atom is 0.145 e. The minimum atomic E-state index is 0.134. The molecule has 0 aliphatic carbocycles. The van der Waals surface area contributed by atoms with Crippen LogP contribution in [-0.4, -0.2) is 31.3 Å². The van der Waals surface area contributed by atoms with Crippen LogP contribution in [0.5, 0.6) is 11.5 Å². The number of ether oxygens (including phenoxy) is 2. The highest BCUT2D eigenvalue weighted by atomic mass is 16.5. The standard InChI is InChI=1S/C37H34N2O.C31H30N2O/c1-4-6-12-29(13-7-5-2)40-30-24-22-28(23-25-30)39-36-34-17-11-9-15-32(34)31-14-8-10-16-33(31)35(36)38-37(39)27-20-18-26(3)19-21-27;1-4-6-12-23(13-7-5-2)34-24-20-18-22(19-21-24)31-32-29-27-16-10-8-14-25(27)26-15-9-11-17-28(26)30(29)33(31)3/h4-5,8-11,14-25,29H,1-2,6-7,12-13H2,3H3;4-5,8-11,14-21,23H,1-2,6-7,12-13H2,3H3. The van der Waals surface area contributed by atoms with Gasteiger partial charge in [-0.1, -0.05) is 151 Å². The van der Waals surface area contributed by atoms with Crippen LogP contribution in [0.4, 0.5) is 0 Å². The molecule has 0 aliphatic heterocycles. The van der Waals surface area contributed by atoms with Gasteiger partial charge in [0.1, 0.15) is 23.1 Å². The second kappa shape index (κ2) is 22.5. The Morgan fingerprint density at radius 2 is 0.770 bits per heavy atom. The number of imidazole rings is 2.